The number of rotatable bonds is 16. The van der Waals surface area contributed by atoms with Crippen LogP contribution in [0.4, 0.5) is 0 Å². The second kappa shape index (κ2) is 15.8. The first-order chi connectivity index (χ1) is 14.1. The van der Waals surface area contributed by atoms with Gasteiger partial charge in [-0.3, -0.25) is 23.4 Å². The molecular formula is C18H30NO10P. The summed E-state index contributed by atoms with van der Waals surface area (Å²) in [5.74, 6) is -2.66. The molecule has 3 atom stereocenters. The topological polar surface area (TPSA) is 172 Å². The van der Waals surface area contributed by atoms with E-state index in [2.05, 4.69) is 4.52 Å². The molecule has 3 unspecified atom stereocenters. The number of phosphoric ester groups is 1. The summed E-state index contributed by atoms with van der Waals surface area (Å²) in [5.41, 5.74) is 5.18. The van der Waals surface area contributed by atoms with Crippen LogP contribution in [-0.2, 0) is 37.5 Å². The summed E-state index contributed by atoms with van der Waals surface area (Å²) in [4.78, 5) is 43.8. The maximum absolute atomic E-state index is 11.9. The van der Waals surface area contributed by atoms with Gasteiger partial charge in [0, 0.05) is 0 Å². The van der Waals surface area contributed by atoms with Crippen LogP contribution in [0.3, 0.4) is 0 Å². The Morgan fingerprint density at radius 3 is 2.00 bits per heavy atom. The third-order valence-electron chi connectivity index (χ3n) is 3.26. The van der Waals surface area contributed by atoms with Crippen molar-refractivity contribution in [1.82, 2.24) is 0 Å². The molecule has 30 heavy (non-hydrogen) atoms. The zero-order valence-electron chi connectivity index (χ0n) is 17.1. The lowest BCUT2D eigenvalue weighted by Gasteiger charge is -2.20. The number of hydrogen-bond acceptors (Lipinski definition) is 9. The highest BCUT2D eigenvalue weighted by atomic mass is 31.2. The number of carbonyl (C=O) groups is 3. The van der Waals surface area contributed by atoms with Crippen LogP contribution in [0.1, 0.15) is 39.5 Å². The molecule has 0 bridgehead atoms. The van der Waals surface area contributed by atoms with E-state index >= 15 is 0 Å². The molecule has 0 saturated heterocycles. The second-order valence-corrected chi connectivity index (χ2v) is 7.42. The lowest BCUT2D eigenvalue weighted by Crippen LogP contribution is -2.34. The van der Waals surface area contributed by atoms with Gasteiger partial charge in [-0.25, -0.2) is 4.57 Å². The number of esters is 2. The zero-order chi connectivity index (χ0) is 23.0. The Labute approximate surface area is 175 Å². The van der Waals surface area contributed by atoms with Crippen LogP contribution in [0, 0.1) is 0 Å². The number of nitrogens with two attached hydrogens (primary N) is 1. The van der Waals surface area contributed by atoms with Gasteiger partial charge in [0.25, 0.3) is 0 Å². The van der Waals surface area contributed by atoms with Gasteiger partial charge in [0.15, 0.2) is 6.10 Å². The van der Waals surface area contributed by atoms with Gasteiger partial charge in [-0.2, -0.15) is 0 Å². The van der Waals surface area contributed by atoms with E-state index in [0.29, 0.717) is 0 Å². The lowest BCUT2D eigenvalue weighted by molar-refractivity contribution is -0.160. The minimum atomic E-state index is -4.68. The van der Waals surface area contributed by atoms with Crippen molar-refractivity contribution >= 4 is 25.7 Å². The number of ether oxygens (including phenoxy) is 2. The van der Waals surface area contributed by atoms with Crippen molar-refractivity contribution in [1.29, 1.82) is 0 Å². The van der Waals surface area contributed by atoms with Crippen molar-refractivity contribution in [3.05, 3.63) is 24.3 Å². The Bertz CT molecular complexity index is 649. The first-order valence-corrected chi connectivity index (χ1v) is 10.9. The van der Waals surface area contributed by atoms with Gasteiger partial charge in [-0.05, 0) is 12.8 Å². The van der Waals surface area contributed by atoms with Crippen molar-refractivity contribution in [2.24, 2.45) is 5.73 Å². The maximum atomic E-state index is 11.9. The van der Waals surface area contributed by atoms with E-state index in [0.717, 1.165) is 12.8 Å². The Balaban J connectivity index is 4.80. The van der Waals surface area contributed by atoms with Gasteiger partial charge in [0.05, 0.1) is 26.1 Å². The van der Waals surface area contributed by atoms with E-state index in [1.54, 1.807) is 24.3 Å². The van der Waals surface area contributed by atoms with Gasteiger partial charge in [0.1, 0.15) is 12.6 Å². The molecule has 0 fully saturated rings. The molecule has 0 aliphatic rings. The zero-order valence-corrected chi connectivity index (χ0v) is 18.0. The highest BCUT2D eigenvalue weighted by Crippen LogP contribution is 2.43. The molecule has 0 heterocycles. The summed E-state index contributed by atoms with van der Waals surface area (Å²) in [5, 5.41) is 8.65. The molecule has 4 N–H and O–H groups in total. The number of allylic oxidation sites excluding steroid dienone is 2. The van der Waals surface area contributed by atoms with Crippen molar-refractivity contribution in [2.45, 2.75) is 51.7 Å². The van der Waals surface area contributed by atoms with Gasteiger partial charge in [-0.15, -0.1) is 0 Å². The van der Waals surface area contributed by atoms with Crippen molar-refractivity contribution in [3.8, 4) is 0 Å². The molecule has 12 heteroatoms. The summed E-state index contributed by atoms with van der Waals surface area (Å²) in [6, 6.07) is -1.52. The highest BCUT2D eigenvalue weighted by molar-refractivity contribution is 7.47. The van der Waals surface area contributed by atoms with E-state index in [1.807, 2.05) is 13.8 Å². The molecule has 0 rings (SSSR count). The summed E-state index contributed by atoms with van der Waals surface area (Å²) < 4.78 is 31.2. The molecule has 0 aromatic carbocycles. The van der Waals surface area contributed by atoms with Crippen LogP contribution in [-0.4, -0.2) is 59.9 Å². The van der Waals surface area contributed by atoms with Crippen molar-refractivity contribution < 1.29 is 47.5 Å². The fourth-order valence-electron chi connectivity index (χ4n) is 1.75. The molecular weight excluding hydrogens is 421 g/mol. The van der Waals surface area contributed by atoms with Crippen molar-refractivity contribution in [3.63, 3.8) is 0 Å². The standard InChI is InChI=1S/C18H30NO10P/c1-3-5-7-9-16(20)26-11-14(29-17(21)10-8-6-4-2)12-27-30(24,25)28-13-15(19)18(22)23/h5-8,14-15H,3-4,9-13,19H2,1-2H3,(H,22,23)(H,24,25). The van der Waals surface area contributed by atoms with E-state index in [4.69, 9.17) is 24.8 Å². The minimum absolute atomic E-state index is 0.0171. The second-order valence-electron chi connectivity index (χ2n) is 5.97. The molecule has 0 aliphatic carbocycles. The normalized spacial score (nSPS) is 15.6. The van der Waals surface area contributed by atoms with Gasteiger partial charge < -0.3 is 25.2 Å². The number of phosphoric acid groups is 1. The predicted octanol–water partition coefficient (Wildman–Crippen LogP) is 1.70. The molecule has 0 amide bonds. The molecule has 0 radical (unpaired) electrons. The van der Waals surface area contributed by atoms with Crippen molar-refractivity contribution in [2.75, 3.05) is 19.8 Å². The maximum Gasteiger partial charge on any atom is 0.472 e. The monoisotopic (exact) mass is 451 g/mol. The van der Waals surface area contributed by atoms with Crippen LogP contribution in [0.2, 0.25) is 0 Å². The van der Waals surface area contributed by atoms with Gasteiger partial charge >= 0.3 is 25.7 Å². The predicted molar refractivity (Wildman–Crippen MR) is 106 cm³/mol. The smallest absolute Gasteiger partial charge is 0.472 e. The van der Waals surface area contributed by atoms with Crippen LogP contribution in [0.5, 0.6) is 0 Å². The van der Waals surface area contributed by atoms with Gasteiger partial charge in [0.2, 0.25) is 0 Å². The van der Waals surface area contributed by atoms with E-state index in [1.165, 1.54) is 0 Å². The van der Waals surface area contributed by atoms with E-state index < -0.39 is 57.7 Å². The number of carboxylic acid groups (broad SMARTS) is 1. The Hall–Kier alpha value is -2.04. The summed E-state index contributed by atoms with van der Waals surface area (Å²) in [7, 11) is -4.68. The number of hydrogen-bond donors (Lipinski definition) is 3. The van der Waals surface area contributed by atoms with Crippen LogP contribution < -0.4 is 5.73 Å². The third kappa shape index (κ3) is 14.9. The first kappa shape index (κ1) is 28.0. The highest BCUT2D eigenvalue weighted by Gasteiger charge is 2.27. The molecule has 0 saturated carbocycles. The molecule has 0 aromatic rings. The average molecular weight is 451 g/mol. The Kier molecular flexibility index (Phi) is 14.7. The SMILES string of the molecule is CCC=CCC(=O)OCC(COP(=O)(O)OCC(N)C(=O)O)OC(=O)CC=CCC. The minimum Gasteiger partial charge on any atom is -0.480 e. The van der Waals surface area contributed by atoms with Gasteiger partial charge in [-0.1, -0.05) is 38.2 Å². The third-order valence-corrected chi connectivity index (χ3v) is 4.21. The number of aliphatic carboxylic acids is 1. The number of carbonyl (C=O) groups excluding carboxylic acids is 2. The fraction of sp³-hybridized carbons (Fsp3) is 0.611. The molecule has 0 aromatic heterocycles. The summed E-state index contributed by atoms with van der Waals surface area (Å²) >= 11 is 0. The summed E-state index contributed by atoms with van der Waals surface area (Å²) in [6.45, 7) is 1.99. The molecule has 172 valence electrons. The van der Waals surface area contributed by atoms with Crippen LogP contribution in [0.15, 0.2) is 24.3 Å². The average Bonchev–Trinajstić information content (AvgIpc) is 2.68. The lowest BCUT2D eigenvalue weighted by atomic mass is 10.3. The van der Waals surface area contributed by atoms with E-state index in [-0.39, 0.29) is 12.8 Å². The number of carboxylic acids is 1. The summed E-state index contributed by atoms with van der Waals surface area (Å²) in [6.07, 6.45) is 7.03. The first-order valence-electron chi connectivity index (χ1n) is 9.36. The fourth-order valence-corrected chi connectivity index (χ4v) is 2.53. The Morgan fingerprint density at radius 2 is 1.47 bits per heavy atom. The largest absolute Gasteiger partial charge is 0.480 e. The van der Waals surface area contributed by atoms with Crippen LogP contribution >= 0.6 is 7.82 Å². The quantitative estimate of drug-likeness (QED) is 0.177. The Morgan fingerprint density at radius 1 is 0.933 bits per heavy atom. The van der Waals surface area contributed by atoms with Crippen LogP contribution in [0.25, 0.3) is 0 Å². The van der Waals surface area contributed by atoms with E-state index in [9.17, 15) is 23.8 Å². The molecule has 0 aliphatic heterocycles. The molecule has 11 nitrogen and oxygen atoms in total. The molecule has 0 spiro atoms.